The van der Waals surface area contributed by atoms with E-state index >= 15 is 0 Å². The number of carbonyl (C=O) groups excluding carboxylic acids is 1. The highest BCUT2D eigenvalue weighted by Gasteiger charge is 2.12. The first-order chi connectivity index (χ1) is 12.1. The fourth-order valence-corrected chi connectivity index (χ4v) is 2.20. The fraction of sp³-hybridized carbons (Fsp3) is 0.222. The summed E-state index contributed by atoms with van der Waals surface area (Å²) in [5.74, 6) is 1.19. The van der Waals surface area contributed by atoms with Crippen molar-refractivity contribution in [1.82, 2.24) is 5.43 Å². The average Bonchev–Trinajstić information content (AvgIpc) is 2.66. The highest BCUT2D eigenvalue weighted by molar-refractivity contribution is 5.95. The molecule has 0 aliphatic heterocycles. The van der Waals surface area contributed by atoms with E-state index in [9.17, 15) is 4.79 Å². The van der Waals surface area contributed by atoms with Crippen LogP contribution in [0.1, 0.15) is 21.5 Å². The summed E-state index contributed by atoms with van der Waals surface area (Å²) in [7, 11) is 4.60. The Labute approximate surface area is 146 Å². The number of nitrogens with zero attached hydrogens (tertiary/aromatic N) is 1. The van der Waals surface area contributed by atoms with Gasteiger partial charge in [-0.3, -0.25) is 4.79 Å². The van der Waals surface area contributed by atoms with E-state index in [0.29, 0.717) is 34.9 Å². The second-order valence-corrected chi connectivity index (χ2v) is 5.06. The van der Waals surface area contributed by atoms with E-state index in [2.05, 4.69) is 10.5 Å². The van der Waals surface area contributed by atoms with Gasteiger partial charge in [-0.15, -0.1) is 0 Å². The third kappa shape index (κ3) is 4.48. The number of ether oxygens (including phenoxy) is 3. The molecule has 0 aliphatic rings. The van der Waals surface area contributed by atoms with E-state index in [1.54, 1.807) is 36.4 Å². The number of methoxy groups -OCH3 is 3. The van der Waals surface area contributed by atoms with Gasteiger partial charge in [0.2, 0.25) is 5.75 Å². The zero-order valence-corrected chi connectivity index (χ0v) is 14.4. The molecule has 3 N–H and O–H groups in total. The van der Waals surface area contributed by atoms with Crippen molar-refractivity contribution in [3.63, 3.8) is 0 Å². The van der Waals surface area contributed by atoms with Crippen molar-refractivity contribution in [1.29, 1.82) is 0 Å². The molecule has 132 valence electrons. The summed E-state index contributed by atoms with van der Waals surface area (Å²) in [5, 5.41) is 3.97. The molecule has 7 heteroatoms. The normalized spacial score (nSPS) is 10.6. The third-order valence-electron chi connectivity index (χ3n) is 3.52. The molecule has 25 heavy (non-hydrogen) atoms. The number of hydrogen-bond donors (Lipinski definition) is 2. The zero-order chi connectivity index (χ0) is 18.2. The van der Waals surface area contributed by atoms with Crippen LogP contribution in [-0.2, 0) is 6.54 Å². The predicted octanol–water partition coefficient (Wildman–Crippen LogP) is 1.94. The molecule has 2 aromatic rings. The highest BCUT2D eigenvalue weighted by Crippen LogP contribution is 2.37. The van der Waals surface area contributed by atoms with Gasteiger partial charge in [0.25, 0.3) is 5.91 Å². The molecule has 2 aromatic carbocycles. The van der Waals surface area contributed by atoms with Crippen LogP contribution < -0.4 is 25.4 Å². The lowest BCUT2D eigenvalue weighted by Gasteiger charge is -2.12. The van der Waals surface area contributed by atoms with Gasteiger partial charge in [0.1, 0.15) is 0 Å². The molecule has 0 atom stereocenters. The van der Waals surface area contributed by atoms with Crippen LogP contribution >= 0.6 is 0 Å². The zero-order valence-electron chi connectivity index (χ0n) is 14.4. The van der Waals surface area contributed by atoms with Crippen LogP contribution in [0.3, 0.4) is 0 Å². The molecule has 0 spiro atoms. The second kappa shape index (κ2) is 8.70. The summed E-state index contributed by atoms with van der Waals surface area (Å²) in [6, 6.07) is 10.5. The van der Waals surface area contributed by atoms with Crippen LogP contribution in [0.25, 0.3) is 0 Å². The summed E-state index contributed by atoms with van der Waals surface area (Å²) < 4.78 is 15.8. The summed E-state index contributed by atoms with van der Waals surface area (Å²) in [6.07, 6.45) is 1.50. The molecule has 0 aromatic heterocycles. The summed E-state index contributed by atoms with van der Waals surface area (Å²) in [6.45, 7) is 0.432. The molecule has 0 fully saturated rings. The Balaban J connectivity index is 2.11. The molecule has 2 rings (SSSR count). The number of hydrazone groups is 1. The molecule has 7 nitrogen and oxygen atoms in total. The van der Waals surface area contributed by atoms with Crippen molar-refractivity contribution in [2.24, 2.45) is 10.8 Å². The molecule has 0 heterocycles. The van der Waals surface area contributed by atoms with Crippen LogP contribution in [0.5, 0.6) is 17.2 Å². The number of nitrogens with two attached hydrogens (primary N) is 1. The quantitative estimate of drug-likeness (QED) is 0.592. The van der Waals surface area contributed by atoms with E-state index in [1.807, 2.05) is 0 Å². The monoisotopic (exact) mass is 343 g/mol. The standard InChI is InChI=1S/C18H21N3O4/c1-23-15-8-13(9-16(24-2)17(15)25-3)11-20-21-18(22)14-6-4-12(10-19)5-7-14/h4-9,11H,10,19H2,1-3H3,(H,21,22)/b20-11+. The second-order valence-electron chi connectivity index (χ2n) is 5.06. The minimum absolute atomic E-state index is 0.313. The van der Waals surface area contributed by atoms with Crippen molar-refractivity contribution in [3.05, 3.63) is 53.1 Å². The Kier molecular flexibility index (Phi) is 6.36. The van der Waals surface area contributed by atoms with Crippen molar-refractivity contribution in [2.75, 3.05) is 21.3 Å². The number of carbonyl (C=O) groups is 1. The first kappa shape index (κ1) is 18.3. The first-order valence-electron chi connectivity index (χ1n) is 7.55. The summed E-state index contributed by atoms with van der Waals surface area (Å²) in [5.41, 5.74) is 10.2. The lowest BCUT2D eigenvalue weighted by molar-refractivity contribution is 0.0955. The van der Waals surface area contributed by atoms with Gasteiger partial charge >= 0.3 is 0 Å². The van der Waals surface area contributed by atoms with Crippen molar-refractivity contribution < 1.29 is 19.0 Å². The van der Waals surface area contributed by atoms with Crippen molar-refractivity contribution in [3.8, 4) is 17.2 Å². The molecular weight excluding hydrogens is 322 g/mol. The van der Waals surface area contributed by atoms with Gasteiger partial charge in [-0.05, 0) is 29.8 Å². The number of amides is 1. The summed E-state index contributed by atoms with van der Waals surface area (Å²) >= 11 is 0. The molecule has 0 bridgehead atoms. The van der Waals surface area contributed by atoms with Crippen LogP contribution in [0.2, 0.25) is 0 Å². The Morgan fingerprint density at radius 3 is 2.16 bits per heavy atom. The number of benzene rings is 2. The van der Waals surface area contributed by atoms with Gasteiger partial charge in [-0.1, -0.05) is 12.1 Å². The van der Waals surface area contributed by atoms with E-state index in [1.165, 1.54) is 27.5 Å². The Hall–Kier alpha value is -3.06. The maximum absolute atomic E-state index is 12.1. The smallest absolute Gasteiger partial charge is 0.271 e. The predicted molar refractivity (Wildman–Crippen MR) is 95.5 cm³/mol. The third-order valence-corrected chi connectivity index (χ3v) is 3.52. The SMILES string of the molecule is COc1cc(/C=N/NC(=O)c2ccc(CN)cc2)cc(OC)c1OC. The van der Waals surface area contributed by atoms with Gasteiger partial charge < -0.3 is 19.9 Å². The highest BCUT2D eigenvalue weighted by atomic mass is 16.5. The molecular formula is C18H21N3O4. The van der Waals surface area contributed by atoms with Gasteiger partial charge in [-0.2, -0.15) is 5.10 Å². The lowest BCUT2D eigenvalue weighted by atomic mass is 10.1. The summed E-state index contributed by atoms with van der Waals surface area (Å²) in [4.78, 5) is 12.1. The van der Waals surface area contributed by atoms with E-state index in [4.69, 9.17) is 19.9 Å². The molecule has 0 unspecified atom stereocenters. The number of rotatable bonds is 7. The van der Waals surface area contributed by atoms with Crippen LogP contribution in [-0.4, -0.2) is 33.5 Å². The van der Waals surface area contributed by atoms with Crippen LogP contribution in [0, 0.1) is 0 Å². The Morgan fingerprint density at radius 1 is 1.08 bits per heavy atom. The molecule has 0 radical (unpaired) electrons. The average molecular weight is 343 g/mol. The molecule has 0 saturated heterocycles. The van der Waals surface area contributed by atoms with Gasteiger partial charge in [0.05, 0.1) is 27.5 Å². The van der Waals surface area contributed by atoms with E-state index in [0.717, 1.165) is 5.56 Å². The molecule has 0 aliphatic carbocycles. The minimum Gasteiger partial charge on any atom is -0.493 e. The van der Waals surface area contributed by atoms with Gasteiger partial charge in [0, 0.05) is 17.7 Å². The van der Waals surface area contributed by atoms with E-state index < -0.39 is 0 Å². The Bertz CT molecular complexity index is 732. The van der Waals surface area contributed by atoms with Crippen molar-refractivity contribution in [2.45, 2.75) is 6.54 Å². The number of hydrogen-bond acceptors (Lipinski definition) is 6. The minimum atomic E-state index is -0.313. The maximum Gasteiger partial charge on any atom is 0.271 e. The van der Waals surface area contributed by atoms with Crippen LogP contribution in [0.4, 0.5) is 0 Å². The van der Waals surface area contributed by atoms with Gasteiger partial charge in [-0.25, -0.2) is 5.43 Å². The van der Waals surface area contributed by atoms with Gasteiger partial charge in [0.15, 0.2) is 11.5 Å². The topological polar surface area (TPSA) is 95.2 Å². The maximum atomic E-state index is 12.1. The first-order valence-corrected chi connectivity index (χ1v) is 7.55. The molecule has 0 saturated carbocycles. The van der Waals surface area contributed by atoms with E-state index in [-0.39, 0.29) is 5.91 Å². The number of nitrogens with one attached hydrogen (secondary N) is 1. The largest absolute Gasteiger partial charge is 0.493 e. The van der Waals surface area contributed by atoms with Crippen molar-refractivity contribution >= 4 is 12.1 Å². The molecule has 1 amide bonds. The Morgan fingerprint density at radius 2 is 1.68 bits per heavy atom. The lowest BCUT2D eigenvalue weighted by Crippen LogP contribution is -2.17. The van der Waals surface area contributed by atoms with Crippen LogP contribution in [0.15, 0.2) is 41.5 Å². The fourth-order valence-electron chi connectivity index (χ4n) is 2.20.